The highest BCUT2D eigenvalue weighted by Crippen LogP contribution is 2.35. The molecule has 0 amide bonds. The van der Waals surface area contributed by atoms with E-state index in [1.165, 1.54) is 12.7 Å². The Morgan fingerprint density at radius 2 is 1.56 bits per heavy atom. The molecule has 0 saturated carbocycles. The van der Waals surface area contributed by atoms with Crippen LogP contribution in [0.1, 0.15) is 48.2 Å². The second-order valence-corrected chi connectivity index (χ2v) is 8.64. The lowest BCUT2D eigenvalue weighted by Crippen LogP contribution is -2.08. The maximum atomic E-state index is 12.1. The van der Waals surface area contributed by atoms with Gasteiger partial charge in [-0.05, 0) is 60.9 Å². The third-order valence-corrected chi connectivity index (χ3v) is 5.80. The van der Waals surface area contributed by atoms with Crippen molar-refractivity contribution in [1.82, 2.24) is 0 Å². The summed E-state index contributed by atoms with van der Waals surface area (Å²) in [5.41, 5.74) is 2.54. The Morgan fingerprint density at radius 1 is 0.853 bits per heavy atom. The van der Waals surface area contributed by atoms with Crippen LogP contribution < -0.4 is 14.2 Å². The molecule has 3 rings (SSSR count). The van der Waals surface area contributed by atoms with Gasteiger partial charge < -0.3 is 18.9 Å². The van der Waals surface area contributed by atoms with E-state index in [4.69, 9.17) is 18.9 Å². The fourth-order valence-electron chi connectivity index (χ4n) is 3.61. The molecule has 0 aliphatic heterocycles. The summed E-state index contributed by atoms with van der Waals surface area (Å²) in [6.45, 7) is 5.32. The highest BCUT2D eigenvalue weighted by molar-refractivity contribution is 9.10. The molecule has 0 bridgehead atoms. The first-order valence-corrected chi connectivity index (χ1v) is 12.4. The fraction of sp³-hybridized carbons (Fsp3) is 0.321. The largest absolute Gasteiger partial charge is 0.493 e. The Balaban J connectivity index is 1.66. The molecule has 0 saturated heterocycles. The van der Waals surface area contributed by atoms with Crippen molar-refractivity contribution in [3.05, 3.63) is 81.8 Å². The first-order chi connectivity index (χ1) is 16.6. The van der Waals surface area contributed by atoms with Crippen LogP contribution in [0.5, 0.6) is 23.0 Å². The van der Waals surface area contributed by atoms with Crippen molar-refractivity contribution in [3.63, 3.8) is 0 Å². The number of hydrogen-bond acceptors (Lipinski definition) is 5. The average molecular weight is 527 g/mol. The smallest absolute Gasteiger partial charge is 0.341 e. The van der Waals surface area contributed by atoms with E-state index in [0.717, 1.165) is 47.2 Å². The fourth-order valence-corrected chi connectivity index (χ4v) is 4.02. The summed E-state index contributed by atoms with van der Waals surface area (Å²) in [6, 6.07) is 18.9. The molecule has 0 unspecified atom stereocenters. The van der Waals surface area contributed by atoms with Crippen LogP contribution in [-0.4, -0.2) is 26.3 Å². The van der Waals surface area contributed by atoms with Crippen LogP contribution in [-0.2, 0) is 17.6 Å². The van der Waals surface area contributed by atoms with Gasteiger partial charge in [-0.3, -0.25) is 0 Å². The Kier molecular flexibility index (Phi) is 9.83. The third kappa shape index (κ3) is 6.76. The maximum Gasteiger partial charge on any atom is 0.341 e. The number of methoxy groups -OCH3 is 1. The molecule has 5 nitrogen and oxygen atoms in total. The van der Waals surface area contributed by atoms with Crippen LogP contribution >= 0.6 is 15.9 Å². The normalized spacial score (nSPS) is 10.6. The van der Waals surface area contributed by atoms with Gasteiger partial charge in [-0.1, -0.05) is 54.4 Å². The molecule has 0 aliphatic carbocycles. The quantitative estimate of drug-likeness (QED) is 0.182. The molecule has 3 aromatic carbocycles. The second-order valence-electron chi connectivity index (χ2n) is 7.73. The summed E-state index contributed by atoms with van der Waals surface area (Å²) in [5, 5.41) is 0. The van der Waals surface area contributed by atoms with Crippen molar-refractivity contribution >= 4 is 21.9 Å². The average Bonchev–Trinajstić information content (AvgIpc) is 2.86. The van der Waals surface area contributed by atoms with Crippen LogP contribution in [0.15, 0.2) is 65.1 Å². The lowest BCUT2D eigenvalue weighted by atomic mass is 10.1. The molecular weight excluding hydrogens is 496 g/mol. The Hall–Kier alpha value is -2.99. The molecule has 6 heteroatoms. The van der Waals surface area contributed by atoms with Gasteiger partial charge in [-0.2, -0.15) is 0 Å². The van der Waals surface area contributed by atoms with E-state index < -0.39 is 5.97 Å². The molecule has 0 heterocycles. The zero-order valence-corrected chi connectivity index (χ0v) is 21.5. The molecule has 34 heavy (non-hydrogen) atoms. The summed E-state index contributed by atoms with van der Waals surface area (Å²) >= 11 is 3.51. The van der Waals surface area contributed by atoms with E-state index >= 15 is 0 Å². The molecule has 0 spiro atoms. The highest BCUT2D eigenvalue weighted by Gasteiger charge is 2.16. The topological polar surface area (TPSA) is 54.0 Å². The van der Waals surface area contributed by atoms with E-state index in [-0.39, 0.29) is 0 Å². The number of halogens is 1. The number of ether oxygens (including phenoxy) is 4. The molecule has 0 radical (unpaired) electrons. The SMILES string of the molecule is CCCc1c(OCCCOc2ccc(Br)cc2CC)cccc1Oc1ccccc1C(=O)OC. The van der Waals surface area contributed by atoms with Gasteiger partial charge in [0.1, 0.15) is 28.6 Å². The van der Waals surface area contributed by atoms with E-state index in [2.05, 4.69) is 35.8 Å². The lowest BCUT2D eigenvalue weighted by Gasteiger charge is -2.17. The number of esters is 1. The second kappa shape index (κ2) is 13.0. The lowest BCUT2D eigenvalue weighted by molar-refractivity contribution is 0.0598. The summed E-state index contributed by atoms with van der Waals surface area (Å²) < 4.78 is 24.2. The van der Waals surface area contributed by atoms with Crippen molar-refractivity contribution in [2.45, 2.75) is 39.5 Å². The van der Waals surface area contributed by atoms with Gasteiger partial charge in [0.2, 0.25) is 0 Å². The van der Waals surface area contributed by atoms with E-state index in [0.29, 0.717) is 30.3 Å². The van der Waals surface area contributed by atoms with Crippen LogP contribution in [0.2, 0.25) is 0 Å². The summed E-state index contributed by atoms with van der Waals surface area (Å²) in [7, 11) is 1.36. The van der Waals surface area contributed by atoms with Crippen LogP contribution in [0.3, 0.4) is 0 Å². The van der Waals surface area contributed by atoms with Gasteiger partial charge >= 0.3 is 5.97 Å². The molecule has 0 atom stereocenters. The number of benzene rings is 3. The summed E-state index contributed by atoms with van der Waals surface area (Å²) in [5.74, 6) is 2.40. The van der Waals surface area contributed by atoms with E-state index in [1.54, 1.807) is 18.2 Å². The van der Waals surface area contributed by atoms with Gasteiger partial charge in [0.15, 0.2) is 0 Å². The van der Waals surface area contributed by atoms with Crippen molar-refractivity contribution in [1.29, 1.82) is 0 Å². The number of hydrogen-bond donors (Lipinski definition) is 0. The minimum absolute atomic E-state index is 0.385. The van der Waals surface area contributed by atoms with Crippen LogP contribution in [0.25, 0.3) is 0 Å². The standard InChI is InChI=1S/C28H31BrO5/c1-4-10-22-25(33-18-9-17-32-24-16-15-21(29)19-20(24)5-2)13-8-14-26(22)34-27-12-7-6-11-23(27)28(30)31-3/h6-8,11-16,19H,4-5,9-10,17-18H2,1-3H3. The first-order valence-electron chi connectivity index (χ1n) is 11.6. The number of carbonyl (C=O) groups is 1. The van der Waals surface area contributed by atoms with E-state index in [1.807, 2.05) is 36.4 Å². The minimum Gasteiger partial charge on any atom is -0.493 e. The zero-order chi connectivity index (χ0) is 24.3. The van der Waals surface area contributed by atoms with Gasteiger partial charge in [0.05, 0.1) is 20.3 Å². The Bertz CT molecular complexity index is 1100. The molecular formula is C28H31BrO5. The summed E-state index contributed by atoms with van der Waals surface area (Å²) in [4.78, 5) is 12.1. The number of para-hydroxylation sites is 1. The number of rotatable bonds is 12. The predicted molar refractivity (Wildman–Crippen MR) is 137 cm³/mol. The Labute approximate surface area is 210 Å². The predicted octanol–water partition coefficient (Wildman–Crippen LogP) is 7.39. The van der Waals surface area contributed by atoms with Crippen LogP contribution in [0, 0.1) is 0 Å². The first kappa shape index (κ1) is 25.6. The van der Waals surface area contributed by atoms with Gasteiger partial charge in [0, 0.05) is 16.5 Å². The van der Waals surface area contributed by atoms with Gasteiger partial charge in [-0.25, -0.2) is 4.79 Å². The van der Waals surface area contributed by atoms with Gasteiger partial charge in [-0.15, -0.1) is 0 Å². The molecule has 0 aliphatic rings. The van der Waals surface area contributed by atoms with Crippen molar-refractivity contribution in [3.8, 4) is 23.0 Å². The molecule has 3 aromatic rings. The number of carbonyl (C=O) groups excluding carboxylic acids is 1. The molecule has 180 valence electrons. The molecule has 0 N–H and O–H groups in total. The zero-order valence-electron chi connectivity index (χ0n) is 19.9. The molecule has 0 aromatic heterocycles. The monoisotopic (exact) mass is 526 g/mol. The van der Waals surface area contributed by atoms with Crippen LogP contribution in [0.4, 0.5) is 0 Å². The number of aryl methyl sites for hydroxylation is 1. The maximum absolute atomic E-state index is 12.1. The highest BCUT2D eigenvalue weighted by atomic mass is 79.9. The third-order valence-electron chi connectivity index (χ3n) is 5.31. The van der Waals surface area contributed by atoms with Crippen molar-refractivity contribution < 1.29 is 23.7 Å². The van der Waals surface area contributed by atoms with Gasteiger partial charge in [0.25, 0.3) is 0 Å². The Morgan fingerprint density at radius 3 is 2.29 bits per heavy atom. The molecule has 0 fully saturated rings. The van der Waals surface area contributed by atoms with Crippen molar-refractivity contribution in [2.75, 3.05) is 20.3 Å². The minimum atomic E-state index is -0.433. The van der Waals surface area contributed by atoms with E-state index in [9.17, 15) is 4.79 Å². The van der Waals surface area contributed by atoms with Crippen molar-refractivity contribution in [2.24, 2.45) is 0 Å². The summed E-state index contributed by atoms with van der Waals surface area (Å²) in [6.07, 6.45) is 3.39.